The number of aryl methyl sites for hydroxylation is 1. The summed E-state index contributed by atoms with van der Waals surface area (Å²) < 4.78 is 7.74. The number of rotatable bonds is 5. The second kappa shape index (κ2) is 10.9. The van der Waals surface area contributed by atoms with E-state index in [4.69, 9.17) is 21.3 Å². The van der Waals surface area contributed by atoms with E-state index in [9.17, 15) is 0 Å². The Labute approximate surface area is 183 Å². The molecule has 1 atom stereocenters. The summed E-state index contributed by atoms with van der Waals surface area (Å²) in [5.41, 5.74) is 2.30. The van der Waals surface area contributed by atoms with Gasteiger partial charge in [-0.2, -0.15) is 5.10 Å². The molecule has 1 fully saturated rings. The fourth-order valence-corrected chi connectivity index (χ4v) is 3.27. The Kier molecular flexibility index (Phi) is 8.85. The van der Waals surface area contributed by atoms with Gasteiger partial charge in [-0.05, 0) is 31.0 Å². The number of benzene rings is 1. The van der Waals surface area contributed by atoms with Crippen molar-refractivity contribution in [3.63, 3.8) is 0 Å². The minimum absolute atomic E-state index is 0. The van der Waals surface area contributed by atoms with E-state index in [0.29, 0.717) is 6.61 Å². The van der Waals surface area contributed by atoms with E-state index >= 15 is 0 Å². The van der Waals surface area contributed by atoms with E-state index in [2.05, 4.69) is 28.3 Å². The van der Waals surface area contributed by atoms with Crippen LogP contribution in [0.2, 0.25) is 5.02 Å². The van der Waals surface area contributed by atoms with Gasteiger partial charge < -0.3 is 15.0 Å². The second-order valence-corrected chi connectivity index (χ2v) is 6.80. The zero-order valence-electron chi connectivity index (χ0n) is 15.8. The Balaban J connectivity index is 0.00000261. The van der Waals surface area contributed by atoms with Gasteiger partial charge in [0.05, 0.1) is 19.3 Å². The molecule has 2 heterocycles. The van der Waals surface area contributed by atoms with Crippen molar-refractivity contribution in [2.75, 3.05) is 32.8 Å². The highest BCUT2D eigenvalue weighted by Gasteiger charge is 2.25. The highest BCUT2D eigenvalue weighted by molar-refractivity contribution is 14.0. The van der Waals surface area contributed by atoms with E-state index in [1.807, 2.05) is 42.3 Å². The fraction of sp³-hybridized carbons (Fsp3) is 0.474. The van der Waals surface area contributed by atoms with E-state index in [1.54, 1.807) is 0 Å². The molecule has 1 aliphatic heterocycles. The topological polar surface area (TPSA) is 54.7 Å². The quantitative estimate of drug-likeness (QED) is 0.387. The standard InChI is InChI=1S/C19H26ClN5O.HI/c1-3-21-19(22-8-7-15-5-4-6-17(20)11-15)25-9-10-26-18(14-25)16-12-23-24(2)13-16;/h4-6,11-13,18H,3,7-10,14H2,1-2H3,(H,21,22);1H. The lowest BCUT2D eigenvalue weighted by atomic mass is 10.1. The number of morpholine rings is 1. The number of hydrogen-bond acceptors (Lipinski definition) is 3. The third kappa shape index (κ3) is 6.36. The van der Waals surface area contributed by atoms with E-state index in [-0.39, 0.29) is 30.1 Å². The molecule has 1 aromatic heterocycles. The van der Waals surface area contributed by atoms with Gasteiger partial charge in [0.1, 0.15) is 6.10 Å². The van der Waals surface area contributed by atoms with Gasteiger partial charge in [-0.25, -0.2) is 0 Å². The fourth-order valence-electron chi connectivity index (χ4n) is 3.06. The SMILES string of the molecule is CCNC(=NCCc1cccc(Cl)c1)N1CCOC(c2cnn(C)c2)C1.I. The van der Waals surface area contributed by atoms with Crippen molar-refractivity contribution in [3.05, 3.63) is 52.8 Å². The van der Waals surface area contributed by atoms with Gasteiger partial charge in [0.15, 0.2) is 5.96 Å². The number of hydrogen-bond donors (Lipinski definition) is 1. The van der Waals surface area contributed by atoms with Crippen LogP contribution >= 0.6 is 35.6 Å². The molecule has 148 valence electrons. The number of ether oxygens (including phenoxy) is 1. The van der Waals surface area contributed by atoms with Crippen molar-refractivity contribution in [2.45, 2.75) is 19.4 Å². The van der Waals surface area contributed by atoms with Crippen molar-refractivity contribution >= 4 is 41.5 Å². The van der Waals surface area contributed by atoms with Gasteiger partial charge in [0.25, 0.3) is 0 Å². The highest BCUT2D eigenvalue weighted by atomic mass is 127. The normalized spacial score (nSPS) is 17.5. The maximum Gasteiger partial charge on any atom is 0.194 e. The predicted molar refractivity (Wildman–Crippen MR) is 120 cm³/mol. The Hall–Kier alpha value is -1.32. The molecule has 0 aliphatic carbocycles. The van der Waals surface area contributed by atoms with E-state index < -0.39 is 0 Å². The minimum atomic E-state index is 0. The molecule has 0 saturated carbocycles. The van der Waals surface area contributed by atoms with Crippen LogP contribution in [-0.2, 0) is 18.2 Å². The van der Waals surface area contributed by atoms with E-state index in [0.717, 1.165) is 49.1 Å². The molecular weight excluding hydrogens is 477 g/mol. The van der Waals surface area contributed by atoms with Crippen LogP contribution in [0, 0.1) is 0 Å². The van der Waals surface area contributed by atoms with Crippen LogP contribution in [0.15, 0.2) is 41.7 Å². The first-order valence-electron chi connectivity index (χ1n) is 9.03. The largest absolute Gasteiger partial charge is 0.370 e. The molecule has 1 aliphatic rings. The van der Waals surface area contributed by atoms with Crippen LogP contribution in [0.5, 0.6) is 0 Å². The first-order valence-corrected chi connectivity index (χ1v) is 9.41. The highest BCUT2D eigenvalue weighted by Crippen LogP contribution is 2.21. The maximum absolute atomic E-state index is 6.06. The van der Waals surface area contributed by atoms with Crippen molar-refractivity contribution in [1.29, 1.82) is 0 Å². The number of aromatic nitrogens is 2. The summed E-state index contributed by atoms with van der Waals surface area (Å²) in [5.74, 6) is 0.937. The molecule has 8 heteroatoms. The van der Waals surface area contributed by atoms with Crippen LogP contribution in [-0.4, -0.2) is 53.4 Å². The zero-order chi connectivity index (χ0) is 18.4. The summed E-state index contributed by atoms with van der Waals surface area (Å²) in [6, 6.07) is 7.95. The number of nitrogens with one attached hydrogen (secondary N) is 1. The lowest BCUT2D eigenvalue weighted by Crippen LogP contribution is -2.48. The first kappa shape index (κ1) is 22.0. The van der Waals surface area contributed by atoms with Crippen molar-refractivity contribution in [1.82, 2.24) is 20.0 Å². The second-order valence-electron chi connectivity index (χ2n) is 6.37. The predicted octanol–water partition coefficient (Wildman–Crippen LogP) is 3.27. The average Bonchev–Trinajstić information content (AvgIpc) is 3.08. The summed E-state index contributed by atoms with van der Waals surface area (Å²) in [6.07, 6.45) is 4.77. The molecule has 1 N–H and O–H groups in total. The maximum atomic E-state index is 6.06. The number of guanidine groups is 1. The average molecular weight is 504 g/mol. The summed E-state index contributed by atoms with van der Waals surface area (Å²) in [5, 5.41) is 8.42. The van der Waals surface area contributed by atoms with Gasteiger partial charge in [0.2, 0.25) is 0 Å². The molecule has 27 heavy (non-hydrogen) atoms. The molecule has 1 saturated heterocycles. The lowest BCUT2D eigenvalue weighted by molar-refractivity contribution is -0.00803. The summed E-state index contributed by atoms with van der Waals surface area (Å²) in [6.45, 7) is 5.93. The summed E-state index contributed by atoms with van der Waals surface area (Å²) >= 11 is 6.06. The molecule has 1 unspecified atom stereocenters. The molecule has 0 bridgehead atoms. The van der Waals surface area contributed by atoms with Crippen molar-refractivity contribution in [3.8, 4) is 0 Å². The van der Waals surface area contributed by atoms with Crippen LogP contribution < -0.4 is 5.32 Å². The molecule has 0 radical (unpaired) electrons. The smallest absolute Gasteiger partial charge is 0.194 e. The minimum Gasteiger partial charge on any atom is -0.370 e. The van der Waals surface area contributed by atoms with Gasteiger partial charge in [-0.1, -0.05) is 23.7 Å². The molecule has 3 rings (SSSR count). The van der Waals surface area contributed by atoms with Gasteiger partial charge >= 0.3 is 0 Å². The summed E-state index contributed by atoms with van der Waals surface area (Å²) in [4.78, 5) is 7.07. The van der Waals surface area contributed by atoms with Crippen LogP contribution in [0.25, 0.3) is 0 Å². The zero-order valence-corrected chi connectivity index (χ0v) is 18.9. The molecule has 0 spiro atoms. The Bertz CT molecular complexity index is 751. The van der Waals surface area contributed by atoms with Gasteiger partial charge in [0, 0.05) is 43.5 Å². The number of halogens is 2. The third-order valence-corrected chi connectivity index (χ3v) is 4.58. The Morgan fingerprint density at radius 1 is 1.44 bits per heavy atom. The lowest BCUT2D eigenvalue weighted by Gasteiger charge is -2.34. The molecule has 1 aromatic carbocycles. The molecular formula is C19H27ClIN5O. The van der Waals surface area contributed by atoms with Crippen molar-refractivity contribution < 1.29 is 4.74 Å². The van der Waals surface area contributed by atoms with E-state index in [1.165, 1.54) is 5.56 Å². The Morgan fingerprint density at radius 3 is 3.00 bits per heavy atom. The monoisotopic (exact) mass is 503 g/mol. The molecule has 2 aromatic rings. The van der Waals surface area contributed by atoms with Crippen LogP contribution in [0.1, 0.15) is 24.2 Å². The van der Waals surface area contributed by atoms with Crippen LogP contribution in [0.4, 0.5) is 0 Å². The van der Waals surface area contributed by atoms with Gasteiger partial charge in [-0.3, -0.25) is 9.67 Å². The number of aliphatic imine (C=N–C) groups is 1. The third-order valence-electron chi connectivity index (χ3n) is 4.35. The molecule has 0 amide bonds. The van der Waals surface area contributed by atoms with Crippen LogP contribution in [0.3, 0.4) is 0 Å². The van der Waals surface area contributed by atoms with Crippen molar-refractivity contribution in [2.24, 2.45) is 12.0 Å². The first-order chi connectivity index (χ1) is 12.7. The Morgan fingerprint density at radius 2 is 2.30 bits per heavy atom. The number of nitrogens with zero attached hydrogens (tertiary/aromatic N) is 4. The molecule has 6 nitrogen and oxygen atoms in total. The van der Waals surface area contributed by atoms with Gasteiger partial charge in [-0.15, -0.1) is 24.0 Å². The summed E-state index contributed by atoms with van der Waals surface area (Å²) in [7, 11) is 1.92.